The number of nitrogen functional groups attached to an aromatic ring is 1. The average molecular weight is 473 g/mol. The van der Waals surface area contributed by atoms with Gasteiger partial charge < -0.3 is 15.8 Å². The first-order valence-corrected chi connectivity index (χ1v) is 11.5. The van der Waals surface area contributed by atoms with E-state index in [0.29, 0.717) is 5.95 Å². The molecule has 1 aliphatic heterocycles. The van der Waals surface area contributed by atoms with Crippen LogP contribution in [0.2, 0.25) is 0 Å². The number of rotatable bonds is 10. The number of Topliss-reactive ketones (excluding diaryl/α,β-unsaturated/α-hetero) is 1. The Morgan fingerprint density at radius 1 is 1.26 bits per heavy atom. The second kappa shape index (κ2) is 11.3. The Morgan fingerprint density at radius 2 is 1.94 bits per heavy atom. The van der Waals surface area contributed by atoms with Gasteiger partial charge in [-0.2, -0.15) is 4.98 Å². The Hall–Kier alpha value is -3.11. The van der Waals surface area contributed by atoms with Crippen LogP contribution in [-0.2, 0) is 4.79 Å². The molecule has 3 N–H and O–H groups in total. The van der Waals surface area contributed by atoms with Gasteiger partial charge in [-0.05, 0) is 51.1 Å². The number of ketones is 2. The van der Waals surface area contributed by atoms with E-state index < -0.39 is 11.6 Å². The van der Waals surface area contributed by atoms with E-state index in [2.05, 4.69) is 38.9 Å². The molecule has 9 nitrogen and oxygen atoms in total. The number of likely N-dealkylation sites (N-methyl/N-ethyl adjacent to an activating group) is 1. The smallest absolute Gasteiger partial charge is 0.224 e. The van der Waals surface area contributed by atoms with Crippen molar-refractivity contribution in [2.75, 3.05) is 44.3 Å². The first kappa shape index (κ1) is 25.5. The molecule has 1 fully saturated rings. The SMILES string of the molecule is CCN(CC)C(C(C)=O)N1CCC(Nc2ncc(C(=O)c3cc(F)ccc3OC)c(N)n2)CC1. The number of nitrogens with zero attached hydrogens (tertiary/aromatic N) is 4. The summed E-state index contributed by atoms with van der Waals surface area (Å²) in [5.74, 6) is -0.341. The largest absolute Gasteiger partial charge is 0.496 e. The number of benzene rings is 1. The number of carbonyl (C=O) groups is 2. The molecule has 0 spiro atoms. The molecule has 1 aromatic carbocycles. The highest BCUT2D eigenvalue weighted by molar-refractivity contribution is 6.13. The van der Waals surface area contributed by atoms with Crippen molar-refractivity contribution in [1.29, 1.82) is 0 Å². The van der Waals surface area contributed by atoms with E-state index in [4.69, 9.17) is 10.5 Å². The number of halogens is 1. The van der Waals surface area contributed by atoms with Crippen LogP contribution in [0, 0.1) is 5.82 Å². The molecule has 1 aliphatic rings. The Kier molecular flexibility index (Phi) is 8.51. The van der Waals surface area contributed by atoms with Crippen molar-refractivity contribution in [1.82, 2.24) is 19.8 Å². The summed E-state index contributed by atoms with van der Waals surface area (Å²) >= 11 is 0. The third-order valence-corrected chi connectivity index (χ3v) is 6.20. The van der Waals surface area contributed by atoms with Crippen LogP contribution < -0.4 is 15.8 Å². The topological polar surface area (TPSA) is 114 Å². The summed E-state index contributed by atoms with van der Waals surface area (Å²) in [5, 5.41) is 3.28. The molecule has 2 aromatic rings. The minimum absolute atomic E-state index is 0.00410. The van der Waals surface area contributed by atoms with Crippen LogP contribution >= 0.6 is 0 Å². The lowest BCUT2D eigenvalue weighted by molar-refractivity contribution is -0.129. The van der Waals surface area contributed by atoms with Gasteiger partial charge in [0.15, 0.2) is 5.78 Å². The van der Waals surface area contributed by atoms with Crippen LogP contribution in [0.5, 0.6) is 5.75 Å². The maximum Gasteiger partial charge on any atom is 0.224 e. The summed E-state index contributed by atoms with van der Waals surface area (Å²) in [7, 11) is 1.41. The number of methoxy groups -OCH3 is 1. The Balaban J connectivity index is 1.66. The van der Waals surface area contributed by atoms with Crippen LogP contribution in [0.25, 0.3) is 0 Å². The van der Waals surface area contributed by atoms with Crippen molar-refractivity contribution in [3.8, 4) is 5.75 Å². The highest BCUT2D eigenvalue weighted by Crippen LogP contribution is 2.25. The van der Waals surface area contributed by atoms with Gasteiger partial charge in [0.05, 0.1) is 18.2 Å². The minimum Gasteiger partial charge on any atom is -0.496 e. The third-order valence-electron chi connectivity index (χ3n) is 6.20. The number of hydrogen-bond acceptors (Lipinski definition) is 9. The Bertz CT molecular complexity index is 1020. The number of nitrogens with two attached hydrogens (primary N) is 1. The van der Waals surface area contributed by atoms with Gasteiger partial charge >= 0.3 is 0 Å². The number of carbonyl (C=O) groups excluding carboxylic acids is 2. The summed E-state index contributed by atoms with van der Waals surface area (Å²) in [6.07, 6.45) is 2.77. The minimum atomic E-state index is -0.554. The van der Waals surface area contributed by atoms with Gasteiger partial charge in [-0.1, -0.05) is 13.8 Å². The molecule has 0 bridgehead atoms. The molecule has 0 aliphatic carbocycles. The van der Waals surface area contributed by atoms with E-state index in [-0.39, 0.29) is 40.7 Å². The lowest BCUT2D eigenvalue weighted by Gasteiger charge is -2.41. The normalized spacial score (nSPS) is 15.8. The number of ether oxygens (including phenoxy) is 1. The van der Waals surface area contributed by atoms with E-state index in [1.165, 1.54) is 25.4 Å². The second-order valence-electron chi connectivity index (χ2n) is 8.33. The molecule has 10 heteroatoms. The molecule has 0 amide bonds. The van der Waals surface area contributed by atoms with Crippen molar-refractivity contribution >= 4 is 23.3 Å². The first-order valence-electron chi connectivity index (χ1n) is 11.5. The molecule has 1 saturated heterocycles. The van der Waals surface area contributed by atoms with E-state index in [9.17, 15) is 14.0 Å². The van der Waals surface area contributed by atoms with Gasteiger partial charge in [-0.25, -0.2) is 9.37 Å². The predicted molar refractivity (Wildman–Crippen MR) is 128 cm³/mol. The molecule has 184 valence electrons. The van der Waals surface area contributed by atoms with Gasteiger partial charge in [0, 0.05) is 25.3 Å². The molecule has 0 saturated carbocycles. The Morgan fingerprint density at radius 3 is 2.50 bits per heavy atom. The summed E-state index contributed by atoms with van der Waals surface area (Å²) < 4.78 is 18.9. The monoisotopic (exact) mass is 472 g/mol. The fourth-order valence-electron chi connectivity index (χ4n) is 4.43. The average Bonchev–Trinajstić information content (AvgIpc) is 2.82. The zero-order valence-electron chi connectivity index (χ0n) is 20.2. The molecule has 34 heavy (non-hydrogen) atoms. The first-order chi connectivity index (χ1) is 16.3. The van der Waals surface area contributed by atoms with Gasteiger partial charge in [0.1, 0.15) is 23.6 Å². The van der Waals surface area contributed by atoms with Crippen LogP contribution in [-0.4, -0.2) is 76.8 Å². The summed E-state index contributed by atoms with van der Waals surface area (Å²) in [5.41, 5.74) is 6.19. The summed E-state index contributed by atoms with van der Waals surface area (Å²) in [6.45, 7) is 8.94. The lowest BCUT2D eigenvalue weighted by atomic mass is 10.0. The number of piperidine rings is 1. The van der Waals surface area contributed by atoms with E-state index >= 15 is 0 Å². The molecule has 1 atom stereocenters. The maximum atomic E-state index is 13.7. The van der Waals surface area contributed by atoms with Crippen molar-refractivity contribution in [2.45, 2.75) is 45.8 Å². The number of anilines is 2. The van der Waals surface area contributed by atoms with Crippen molar-refractivity contribution in [2.24, 2.45) is 0 Å². The molecule has 0 radical (unpaired) electrons. The Labute approximate surface area is 199 Å². The van der Waals surface area contributed by atoms with Crippen LogP contribution in [0.3, 0.4) is 0 Å². The second-order valence-corrected chi connectivity index (χ2v) is 8.33. The maximum absolute atomic E-state index is 13.7. The van der Waals surface area contributed by atoms with E-state index in [0.717, 1.165) is 45.1 Å². The lowest BCUT2D eigenvalue weighted by Crippen LogP contribution is -2.55. The zero-order chi connectivity index (χ0) is 24.8. The third kappa shape index (κ3) is 5.68. The summed E-state index contributed by atoms with van der Waals surface area (Å²) in [6, 6.07) is 3.82. The van der Waals surface area contributed by atoms with Crippen molar-refractivity contribution in [3.63, 3.8) is 0 Å². The number of likely N-dealkylation sites (tertiary alicyclic amines) is 1. The van der Waals surface area contributed by atoms with Crippen molar-refractivity contribution in [3.05, 3.63) is 41.3 Å². The van der Waals surface area contributed by atoms with Gasteiger partial charge in [0.25, 0.3) is 0 Å². The molecule has 3 rings (SSSR count). The fourth-order valence-corrected chi connectivity index (χ4v) is 4.43. The zero-order valence-corrected chi connectivity index (χ0v) is 20.2. The molecular formula is C24H33FN6O3. The van der Waals surface area contributed by atoms with E-state index in [1.54, 1.807) is 6.92 Å². The van der Waals surface area contributed by atoms with Crippen LogP contribution in [0.1, 0.15) is 49.5 Å². The van der Waals surface area contributed by atoms with Crippen LogP contribution in [0.4, 0.5) is 16.2 Å². The highest BCUT2D eigenvalue weighted by Gasteiger charge is 2.31. The molecule has 1 unspecified atom stereocenters. The number of hydrogen-bond donors (Lipinski definition) is 2. The standard InChI is InChI=1S/C24H33FN6O3/c1-5-30(6-2)23(15(3)32)31-11-9-17(10-12-31)28-24-27-14-19(22(26)29-24)21(33)18-13-16(25)7-8-20(18)34-4/h7-8,13-14,17,23H,5-6,9-12H2,1-4H3,(H3,26,27,28,29). The van der Waals surface area contributed by atoms with Gasteiger partial charge in [-0.3, -0.25) is 19.4 Å². The van der Waals surface area contributed by atoms with Crippen molar-refractivity contribution < 1.29 is 18.7 Å². The molecular weight excluding hydrogens is 439 g/mol. The molecule has 2 heterocycles. The predicted octanol–water partition coefficient (Wildman–Crippen LogP) is 2.57. The quantitative estimate of drug-likeness (QED) is 0.504. The van der Waals surface area contributed by atoms with Gasteiger partial charge in [-0.15, -0.1) is 0 Å². The van der Waals surface area contributed by atoms with E-state index in [1.807, 2.05) is 0 Å². The summed E-state index contributed by atoms with van der Waals surface area (Å²) in [4.78, 5) is 38.1. The molecule has 1 aromatic heterocycles. The highest BCUT2D eigenvalue weighted by atomic mass is 19.1. The van der Waals surface area contributed by atoms with Gasteiger partial charge in [0.2, 0.25) is 11.7 Å². The fraction of sp³-hybridized carbons (Fsp3) is 0.500. The number of nitrogens with one attached hydrogen (secondary N) is 1. The number of aromatic nitrogens is 2. The van der Waals surface area contributed by atoms with Crippen LogP contribution in [0.15, 0.2) is 24.4 Å².